The van der Waals surface area contributed by atoms with Crippen molar-refractivity contribution < 1.29 is 9.63 Å². The Balaban J connectivity index is 1.81. The monoisotopic (exact) mass is 238 g/mol. The average Bonchev–Trinajstić information content (AvgIpc) is 2.97. The molecule has 0 radical (unpaired) electrons. The maximum absolute atomic E-state index is 11.6. The number of rotatable bonds is 5. The Hall–Kier alpha value is -1.43. The van der Waals surface area contributed by atoms with E-state index in [2.05, 4.69) is 20.7 Å². The summed E-state index contributed by atoms with van der Waals surface area (Å²) < 4.78 is 0. The summed E-state index contributed by atoms with van der Waals surface area (Å²) in [7, 11) is 0. The second kappa shape index (κ2) is 5.77. The Kier molecular flexibility index (Phi) is 4.08. The highest BCUT2D eigenvalue weighted by Crippen LogP contribution is 2.19. The Morgan fingerprint density at radius 1 is 1.53 bits per heavy atom. The molecule has 0 spiro atoms. The van der Waals surface area contributed by atoms with Gasteiger partial charge in [0.25, 0.3) is 0 Å². The van der Waals surface area contributed by atoms with E-state index in [0.29, 0.717) is 0 Å². The van der Waals surface area contributed by atoms with Gasteiger partial charge in [-0.15, -0.1) is 5.10 Å². The molecule has 0 aliphatic heterocycles. The van der Waals surface area contributed by atoms with Gasteiger partial charge < -0.3 is 0 Å². The minimum absolute atomic E-state index is 0.145. The van der Waals surface area contributed by atoms with Crippen LogP contribution in [0.4, 0.5) is 0 Å². The summed E-state index contributed by atoms with van der Waals surface area (Å²) in [6.07, 6.45) is 6.26. The van der Waals surface area contributed by atoms with E-state index in [1.54, 1.807) is 0 Å². The molecule has 1 aliphatic carbocycles. The van der Waals surface area contributed by atoms with Gasteiger partial charge in [-0.05, 0) is 19.3 Å². The zero-order valence-electron chi connectivity index (χ0n) is 10.0. The van der Waals surface area contributed by atoms with E-state index in [9.17, 15) is 4.79 Å². The summed E-state index contributed by atoms with van der Waals surface area (Å²) in [6, 6.07) is 0. The molecule has 0 saturated heterocycles. The molecule has 6 heteroatoms. The number of nitrogens with zero attached hydrogens (tertiary/aromatic N) is 2. The molecule has 0 unspecified atom stereocenters. The first-order chi connectivity index (χ1) is 8.29. The van der Waals surface area contributed by atoms with E-state index < -0.39 is 0 Å². The number of aryl methyl sites for hydroxylation is 1. The lowest BCUT2D eigenvalue weighted by atomic mass is 10.3. The van der Waals surface area contributed by atoms with Crippen molar-refractivity contribution in [3.8, 4) is 0 Å². The van der Waals surface area contributed by atoms with E-state index in [-0.39, 0.29) is 17.8 Å². The molecular weight excluding hydrogens is 220 g/mol. The van der Waals surface area contributed by atoms with Crippen LogP contribution in [-0.2, 0) is 11.3 Å². The van der Waals surface area contributed by atoms with E-state index >= 15 is 0 Å². The molecule has 0 atom stereocenters. The van der Waals surface area contributed by atoms with Crippen LogP contribution < -0.4 is 5.48 Å². The zero-order chi connectivity index (χ0) is 12.1. The van der Waals surface area contributed by atoms with Crippen LogP contribution in [0.15, 0.2) is 0 Å². The number of hydroxylamine groups is 1. The lowest BCUT2D eigenvalue weighted by molar-refractivity contribution is -0.0130. The fourth-order valence-corrected chi connectivity index (χ4v) is 1.93. The highest BCUT2D eigenvalue weighted by atomic mass is 16.7. The maximum Gasteiger partial charge on any atom is 0.314 e. The predicted octanol–water partition coefficient (Wildman–Crippen LogP) is 1.36. The number of aromatic nitrogens is 3. The smallest absolute Gasteiger partial charge is 0.270 e. The SMILES string of the molecule is CCCc1nc(C(=O)NOC2CCCC2)n[nH]1. The van der Waals surface area contributed by atoms with Gasteiger partial charge in [-0.2, -0.15) is 0 Å². The van der Waals surface area contributed by atoms with Gasteiger partial charge in [0, 0.05) is 6.42 Å². The van der Waals surface area contributed by atoms with Crippen LogP contribution in [0.1, 0.15) is 55.5 Å². The number of hydrogen-bond donors (Lipinski definition) is 2. The standard InChI is InChI=1S/C11H18N4O2/c1-2-5-9-12-10(14-13-9)11(16)15-17-8-6-3-4-7-8/h8H,2-7H2,1H3,(H,15,16)(H,12,13,14). The van der Waals surface area contributed by atoms with Crippen molar-refractivity contribution in [2.45, 2.75) is 51.6 Å². The Morgan fingerprint density at radius 3 is 3.00 bits per heavy atom. The largest absolute Gasteiger partial charge is 0.314 e. The molecule has 1 aliphatic rings. The highest BCUT2D eigenvalue weighted by molar-refractivity contribution is 5.89. The van der Waals surface area contributed by atoms with Crippen molar-refractivity contribution in [1.29, 1.82) is 0 Å². The first-order valence-corrected chi connectivity index (χ1v) is 6.17. The average molecular weight is 238 g/mol. The maximum atomic E-state index is 11.6. The van der Waals surface area contributed by atoms with Gasteiger partial charge in [0.15, 0.2) is 0 Å². The Morgan fingerprint density at radius 2 is 2.29 bits per heavy atom. The number of carbonyl (C=O) groups is 1. The van der Waals surface area contributed by atoms with Gasteiger partial charge in [-0.3, -0.25) is 14.7 Å². The van der Waals surface area contributed by atoms with Crippen LogP contribution in [0.5, 0.6) is 0 Å². The first-order valence-electron chi connectivity index (χ1n) is 6.17. The number of H-pyrrole nitrogens is 1. The summed E-state index contributed by atoms with van der Waals surface area (Å²) in [4.78, 5) is 21.0. The topological polar surface area (TPSA) is 79.9 Å². The van der Waals surface area contributed by atoms with Gasteiger partial charge in [0.05, 0.1) is 6.10 Å². The van der Waals surface area contributed by atoms with Crippen molar-refractivity contribution >= 4 is 5.91 Å². The van der Waals surface area contributed by atoms with Crippen molar-refractivity contribution in [2.24, 2.45) is 0 Å². The first kappa shape index (κ1) is 12.0. The number of nitrogens with one attached hydrogen (secondary N) is 2. The van der Waals surface area contributed by atoms with Gasteiger partial charge >= 0.3 is 5.91 Å². The fraction of sp³-hybridized carbons (Fsp3) is 0.727. The highest BCUT2D eigenvalue weighted by Gasteiger charge is 2.18. The van der Waals surface area contributed by atoms with Crippen molar-refractivity contribution in [2.75, 3.05) is 0 Å². The van der Waals surface area contributed by atoms with Crippen LogP contribution in [0.2, 0.25) is 0 Å². The molecule has 17 heavy (non-hydrogen) atoms. The molecule has 1 heterocycles. The van der Waals surface area contributed by atoms with Crippen molar-refractivity contribution in [1.82, 2.24) is 20.7 Å². The third-order valence-corrected chi connectivity index (χ3v) is 2.84. The van der Waals surface area contributed by atoms with Crippen LogP contribution in [0.3, 0.4) is 0 Å². The lowest BCUT2D eigenvalue weighted by Gasteiger charge is -2.09. The second-order valence-electron chi connectivity index (χ2n) is 4.31. The van der Waals surface area contributed by atoms with E-state index in [1.807, 2.05) is 6.92 Å². The lowest BCUT2D eigenvalue weighted by Crippen LogP contribution is -2.29. The number of hydrogen-bond acceptors (Lipinski definition) is 4. The molecule has 1 aromatic rings. The molecule has 2 N–H and O–H groups in total. The van der Waals surface area contributed by atoms with E-state index in [4.69, 9.17) is 4.84 Å². The molecule has 2 rings (SSSR count). The quantitative estimate of drug-likeness (QED) is 0.759. The Bertz CT molecular complexity index is 371. The van der Waals surface area contributed by atoms with Crippen LogP contribution in [0.25, 0.3) is 0 Å². The molecule has 6 nitrogen and oxygen atoms in total. The van der Waals surface area contributed by atoms with Crippen LogP contribution >= 0.6 is 0 Å². The Labute approximate surface area is 100 Å². The second-order valence-corrected chi connectivity index (χ2v) is 4.31. The van der Waals surface area contributed by atoms with Gasteiger partial charge in [0.1, 0.15) is 5.82 Å². The van der Waals surface area contributed by atoms with Crippen LogP contribution in [0, 0.1) is 0 Å². The summed E-state index contributed by atoms with van der Waals surface area (Å²) in [5, 5.41) is 6.59. The molecule has 1 saturated carbocycles. The van der Waals surface area contributed by atoms with Gasteiger partial charge in [-0.1, -0.05) is 19.8 Å². The molecule has 0 aromatic carbocycles. The zero-order valence-corrected chi connectivity index (χ0v) is 10.0. The van der Waals surface area contributed by atoms with Gasteiger partial charge in [-0.25, -0.2) is 10.5 Å². The molecular formula is C11H18N4O2. The molecule has 94 valence electrons. The van der Waals surface area contributed by atoms with Gasteiger partial charge in [0.2, 0.25) is 5.82 Å². The summed E-state index contributed by atoms with van der Waals surface area (Å²) in [5.74, 6) is 0.500. The normalized spacial score (nSPS) is 16.3. The minimum Gasteiger partial charge on any atom is -0.270 e. The molecule has 1 aromatic heterocycles. The summed E-state index contributed by atoms with van der Waals surface area (Å²) in [6.45, 7) is 2.05. The predicted molar refractivity (Wildman–Crippen MR) is 61.2 cm³/mol. The fourth-order valence-electron chi connectivity index (χ4n) is 1.93. The number of aromatic amines is 1. The van der Waals surface area contributed by atoms with E-state index in [0.717, 1.165) is 31.5 Å². The number of carbonyl (C=O) groups excluding carboxylic acids is 1. The number of amides is 1. The molecule has 0 bridgehead atoms. The van der Waals surface area contributed by atoms with Crippen LogP contribution in [-0.4, -0.2) is 27.2 Å². The van der Waals surface area contributed by atoms with Crippen molar-refractivity contribution in [3.05, 3.63) is 11.6 Å². The summed E-state index contributed by atoms with van der Waals surface area (Å²) in [5.41, 5.74) is 2.41. The third-order valence-electron chi connectivity index (χ3n) is 2.84. The van der Waals surface area contributed by atoms with E-state index in [1.165, 1.54) is 12.8 Å². The summed E-state index contributed by atoms with van der Waals surface area (Å²) >= 11 is 0. The minimum atomic E-state index is -0.379. The molecule has 1 amide bonds. The molecule has 1 fully saturated rings. The third kappa shape index (κ3) is 3.26. The van der Waals surface area contributed by atoms with Crippen molar-refractivity contribution in [3.63, 3.8) is 0 Å².